The minimum atomic E-state index is -0.222. The van der Waals surface area contributed by atoms with Gasteiger partial charge in [0.25, 0.3) is 5.91 Å². The molecule has 0 saturated heterocycles. The van der Waals surface area contributed by atoms with Gasteiger partial charge in [0, 0.05) is 10.9 Å². The van der Waals surface area contributed by atoms with E-state index < -0.39 is 0 Å². The summed E-state index contributed by atoms with van der Waals surface area (Å²) < 4.78 is 1.07. The first-order valence-electron chi connectivity index (χ1n) is 8.69. The van der Waals surface area contributed by atoms with Gasteiger partial charge in [0.2, 0.25) is 0 Å². The number of nitrogens with zero attached hydrogens (tertiary/aromatic N) is 1. The van der Waals surface area contributed by atoms with Crippen LogP contribution in [0.15, 0.2) is 60.8 Å². The third-order valence-corrected chi connectivity index (χ3v) is 6.15. The van der Waals surface area contributed by atoms with Crippen molar-refractivity contribution in [2.24, 2.45) is 0 Å². The molecule has 28 heavy (non-hydrogen) atoms. The molecular weight excluding hydrogens is 411 g/mol. The SMILES string of the molecule is Cc1ccc(Cc2c(C(=O)Nc3ncc(Cl)cc3Cl)sc3ccccc23)cc1. The van der Waals surface area contributed by atoms with Crippen molar-refractivity contribution in [3.63, 3.8) is 0 Å². The predicted octanol–water partition coefficient (Wildman–Crippen LogP) is 6.75. The number of aryl methyl sites for hydroxylation is 1. The number of halogens is 2. The van der Waals surface area contributed by atoms with Crippen LogP contribution in [0.5, 0.6) is 0 Å². The Kier molecular flexibility index (Phi) is 5.36. The van der Waals surface area contributed by atoms with Gasteiger partial charge < -0.3 is 5.32 Å². The van der Waals surface area contributed by atoms with Crippen molar-refractivity contribution in [1.82, 2.24) is 4.98 Å². The molecule has 0 radical (unpaired) electrons. The van der Waals surface area contributed by atoms with Crippen LogP contribution in [0.3, 0.4) is 0 Å². The number of carbonyl (C=O) groups is 1. The van der Waals surface area contributed by atoms with Crippen LogP contribution in [0.2, 0.25) is 10.0 Å². The molecule has 0 spiro atoms. The number of anilines is 1. The molecule has 0 fully saturated rings. The van der Waals surface area contributed by atoms with E-state index in [-0.39, 0.29) is 5.91 Å². The van der Waals surface area contributed by atoms with Crippen LogP contribution in [0, 0.1) is 6.92 Å². The summed E-state index contributed by atoms with van der Waals surface area (Å²) >= 11 is 13.5. The summed E-state index contributed by atoms with van der Waals surface area (Å²) in [5.74, 6) is 0.0786. The Morgan fingerprint density at radius 1 is 1.11 bits per heavy atom. The van der Waals surface area contributed by atoms with Gasteiger partial charge in [0.15, 0.2) is 5.82 Å². The summed E-state index contributed by atoms with van der Waals surface area (Å²) in [6.45, 7) is 2.06. The highest BCUT2D eigenvalue weighted by Gasteiger charge is 2.20. The van der Waals surface area contributed by atoms with Crippen LogP contribution < -0.4 is 5.32 Å². The van der Waals surface area contributed by atoms with Crippen LogP contribution in [0.4, 0.5) is 5.82 Å². The fraction of sp³-hybridized carbons (Fsp3) is 0.0909. The molecule has 2 aromatic heterocycles. The molecule has 0 aliphatic rings. The first-order valence-corrected chi connectivity index (χ1v) is 10.3. The van der Waals surface area contributed by atoms with Gasteiger partial charge in [-0.25, -0.2) is 4.98 Å². The van der Waals surface area contributed by atoms with Gasteiger partial charge in [0.1, 0.15) is 0 Å². The molecule has 0 aliphatic carbocycles. The van der Waals surface area contributed by atoms with Crippen LogP contribution >= 0.6 is 34.5 Å². The van der Waals surface area contributed by atoms with Gasteiger partial charge in [0.05, 0.1) is 14.9 Å². The quantitative estimate of drug-likeness (QED) is 0.391. The lowest BCUT2D eigenvalue weighted by atomic mass is 10.0. The Morgan fingerprint density at radius 3 is 2.61 bits per heavy atom. The summed E-state index contributed by atoms with van der Waals surface area (Å²) in [5, 5.41) is 4.64. The Bertz CT molecular complexity index is 1170. The molecular formula is C22H16Cl2N2OS. The third-order valence-electron chi connectivity index (χ3n) is 4.45. The number of pyridine rings is 1. The maximum absolute atomic E-state index is 13.1. The van der Waals surface area contributed by atoms with E-state index in [1.165, 1.54) is 23.1 Å². The number of benzene rings is 2. The Hall–Kier alpha value is -2.40. The maximum atomic E-state index is 13.1. The molecule has 140 valence electrons. The smallest absolute Gasteiger partial charge is 0.267 e. The number of rotatable bonds is 4. The summed E-state index contributed by atoms with van der Waals surface area (Å²) in [6.07, 6.45) is 2.13. The molecule has 0 aliphatic heterocycles. The summed E-state index contributed by atoms with van der Waals surface area (Å²) in [6, 6.07) is 18.0. The van der Waals surface area contributed by atoms with Crippen molar-refractivity contribution in [1.29, 1.82) is 0 Å². The van der Waals surface area contributed by atoms with Crippen LogP contribution in [-0.4, -0.2) is 10.9 Å². The number of carbonyl (C=O) groups excluding carboxylic acids is 1. The highest BCUT2D eigenvalue weighted by Crippen LogP contribution is 2.34. The standard InChI is InChI=1S/C22H16Cl2N2OS/c1-13-6-8-14(9-7-13)10-17-16-4-2-3-5-19(16)28-20(17)22(27)26-21-18(24)11-15(23)12-25-21/h2-9,11-12H,10H2,1H3,(H,25,26,27). The van der Waals surface area contributed by atoms with Crippen molar-refractivity contribution in [3.05, 3.63) is 92.4 Å². The highest BCUT2D eigenvalue weighted by atomic mass is 35.5. The fourth-order valence-corrected chi connectivity index (χ4v) is 4.58. The second kappa shape index (κ2) is 7.92. The van der Waals surface area contributed by atoms with Crippen molar-refractivity contribution < 1.29 is 4.79 Å². The van der Waals surface area contributed by atoms with Gasteiger partial charge >= 0.3 is 0 Å². The lowest BCUT2D eigenvalue weighted by molar-refractivity contribution is 0.102. The summed E-state index contributed by atoms with van der Waals surface area (Å²) in [7, 11) is 0. The normalized spacial score (nSPS) is 11.0. The molecule has 0 unspecified atom stereocenters. The number of hydrogen-bond acceptors (Lipinski definition) is 3. The van der Waals surface area contributed by atoms with E-state index in [1.807, 2.05) is 18.2 Å². The van der Waals surface area contributed by atoms with Crippen LogP contribution in [0.1, 0.15) is 26.4 Å². The van der Waals surface area contributed by atoms with E-state index in [9.17, 15) is 4.79 Å². The highest BCUT2D eigenvalue weighted by molar-refractivity contribution is 7.21. The largest absolute Gasteiger partial charge is 0.305 e. The zero-order chi connectivity index (χ0) is 19.7. The number of fused-ring (bicyclic) bond motifs is 1. The molecule has 0 bridgehead atoms. The topological polar surface area (TPSA) is 42.0 Å². The number of hydrogen-bond donors (Lipinski definition) is 1. The molecule has 2 aromatic carbocycles. The van der Waals surface area contributed by atoms with Gasteiger partial charge in [-0.05, 0) is 42.0 Å². The molecule has 0 saturated carbocycles. The second-order valence-corrected chi connectivity index (χ2v) is 8.40. The summed E-state index contributed by atoms with van der Waals surface area (Å²) in [5.41, 5.74) is 3.37. The Morgan fingerprint density at radius 2 is 1.86 bits per heavy atom. The molecule has 4 rings (SSSR count). The molecule has 1 amide bonds. The number of aromatic nitrogens is 1. The lowest BCUT2D eigenvalue weighted by Gasteiger charge is -2.08. The van der Waals surface area contributed by atoms with Gasteiger partial charge in [-0.2, -0.15) is 0 Å². The number of amides is 1. The minimum absolute atomic E-state index is 0.222. The maximum Gasteiger partial charge on any atom is 0.267 e. The van der Waals surface area contributed by atoms with E-state index in [0.29, 0.717) is 27.2 Å². The van der Waals surface area contributed by atoms with Crippen LogP contribution in [0.25, 0.3) is 10.1 Å². The van der Waals surface area contributed by atoms with E-state index in [1.54, 1.807) is 6.07 Å². The first kappa shape index (κ1) is 18.9. The molecule has 2 heterocycles. The van der Waals surface area contributed by atoms with Crippen molar-refractivity contribution >= 4 is 56.3 Å². The first-order chi connectivity index (χ1) is 13.5. The van der Waals surface area contributed by atoms with Gasteiger partial charge in [-0.3, -0.25) is 4.79 Å². The average Bonchev–Trinajstić information content (AvgIpc) is 3.04. The number of thiophene rings is 1. The predicted molar refractivity (Wildman–Crippen MR) is 118 cm³/mol. The second-order valence-electron chi connectivity index (χ2n) is 6.51. The molecule has 0 atom stereocenters. The minimum Gasteiger partial charge on any atom is -0.305 e. The molecule has 4 aromatic rings. The van der Waals surface area contributed by atoms with E-state index >= 15 is 0 Å². The summed E-state index contributed by atoms with van der Waals surface area (Å²) in [4.78, 5) is 17.8. The zero-order valence-electron chi connectivity index (χ0n) is 15.0. The van der Waals surface area contributed by atoms with Crippen molar-refractivity contribution in [2.75, 3.05) is 5.32 Å². The molecule has 6 heteroatoms. The molecule has 3 nitrogen and oxygen atoms in total. The van der Waals surface area contributed by atoms with Crippen molar-refractivity contribution in [3.8, 4) is 0 Å². The monoisotopic (exact) mass is 426 g/mol. The average molecular weight is 427 g/mol. The number of nitrogens with one attached hydrogen (secondary N) is 1. The fourth-order valence-electron chi connectivity index (χ4n) is 3.04. The zero-order valence-corrected chi connectivity index (χ0v) is 17.3. The third kappa shape index (κ3) is 3.90. The Labute approximate surface area is 177 Å². The van der Waals surface area contributed by atoms with Gasteiger partial charge in [-0.1, -0.05) is 71.2 Å². The van der Waals surface area contributed by atoms with Crippen molar-refractivity contribution in [2.45, 2.75) is 13.3 Å². The van der Waals surface area contributed by atoms with E-state index in [4.69, 9.17) is 23.2 Å². The van der Waals surface area contributed by atoms with Gasteiger partial charge in [-0.15, -0.1) is 11.3 Å². The van der Waals surface area contributed by atoms with E-state index in [2.05, 4.69) is 47.6 Å². The van der Waals surface area contributed by atoms with E-state index in [0.717, 1.165) is 21.2 Å². The lowest BCUT2D eigenvalue weighted by Crippen LogP contribution is -2.13. The Balaban J connectivity index is 1.73. The molecule has 1 N–H and O–H groups in total. The van der Waals surface area contributed by atoms with Crippen LogP contribution in [-0.2, 0) is 6.42 Å².